The summed E-state index contributed by atoms with van der Waals surface area (Å²) in [5.41, 5.74) is 1.51. The lowest BCUT2D eigenvalue weighted by Gasteiger charge is -2.21. The number of nitrogens with zero attached hydrogens (tertiary/aromatic N) is 1. The molecule has 0 N–H and O–H groups in total. The van der Waals surface area contributed by atoms with E-state index in [1.807, 2.05) is 44.2 Å². The van der Waals surface area contributed by atoms with E-state index in [4.69, 9.17) is 23.2 Å². The number of imide groups is 1. The maximum atomic E-state index is 13.0. The first-order valence-corrected chi connectivity index (χ1v) is 8.55. The van der Waals surface area contributed by atoms with Crippen molar-refractivity contribution >= 4 is 40.7 Å². The molecular formula is C19H17Cl2NO2. The molecule has 0 aliphatic carbocycles. The second-order valence-electron chi connectivity index (χ2n) is 6.12. The van der Waals surface area contributed by atoms with Gasteiger partial charge in [0.2, 0.25) is 11.8 Å². The molecule has 0 aromatic heterocycles. The van der Waals surface area contributed by atoms with Crippen molar-refractivity contribution in [2.75, 3.05) is 4.90 Å². The normalized spacial score (nSPS) is 22.1. The standard InChI is InChI=1S/C19H17Cl2NO2/c1-11(13-6-4-3-5-7-13)17-12(2)18(23)22(19(17)24)14-8-9-15(20)16(21)10-14/h3-12,17H,1-2H3. The Morgan fingerprint density at radius 2 is 1.62 bits per heavy atom. The molecule has 3 rings (SSSR count). The van der Waals surface area contributed by atoms with E-state index in [-0.39, 0.29) is 23.7 Å². The average Bonchev–Trinajstić information content (AvgIpc) is 2.80. The zero-order valence-electron chi connectivity index (χ0n) is 13.4. The van der Waals surface area contributed by atoms with Crippen LogP contribution in [0.3, 0.4) is 0 Å². The quantitative estimate of drug-likeness (QED) is 0.727. The van der Waals surface area contributed by atoms with Crippen LogP contribution in [0.25, 0.3) is 0 Å². The highest BCUT2D eigenvalue weighted by molar-refractivity contribution is 6.42. The van der Waals surface area contributed by atoms with E-state index in [1.165, 1.54) is 4.90 Å². The molecule has 1 fully saturated rings. The highest BCUT2D eigenvalue weighted by Gasteiger charge is 2.48. The van der Waals surface area contributed by atoms with Gasteiger partial charge >= 0.3 is 0 Å². The zero-order valence-corrected chi connectivity index (χ0v) is 14.9. The minimum atomic E-state index is -0.394. The first-order chi connectivity index (χ1) is 11.4. The molecule has 1 aliphatic rings. The van der Waals surface area contributed by atoms with Gasteiger partial charge < -0.3 is 0 Å². The Hall–Kier alpha value is -1.84. The molecule has 1 aliphatic heterocycles. The monoisotopic (exact) mass is 361 g/mol. The van der Waals surface area contributed by atoms with E-state index >= 15 is 0 Å². The van der Waals surface area contributed by atoms with Gasteiger partial charge in [0.25, 0.3) is 0 Å². The van der Waals surface area contributed by atoms with Gasteiger partial charge in [-0.3, -0.25) is 9.59 Å². The van der Waals surface area contributed by atoms with Crippen LogP contribution in [0.15, 0.2) is 48.5 Å². The Kier molecular flexibility index (Phi) is 4.66. The van der Waals surface area contributed by atoms with Crippen molar-refractivity contribution in [3.05, 3.63) is 64.1 Å². The molecule has 124 valence electrons. The third-order valence-electron chi connectivity index (χ3n) is 4.68. The molecular weight excluding hydrogens is 345 g/mol. The van der Waals surface area contributed by atoms with E-state index in [2.05, 4.69) is 0 Å². The number of rotatable bonds is 3. The van der Waals surface area contributed by atoms with Crippen LogP contribution in [0.5, 0.6) is 0 Å². The number of amides is 2. The van der Waals surface area contributed by atoms with Crippen molar-refractivity contribution in [1.29, 1.82) is 0 Å². The molecule has 1 heterocycles. The highest BCUT2D eigenvalue weighted by atomic mass is 35.5. The molecule has 0 radical (unpaired) electrons. The average molecular weight is 362 g/mol. The summed E-state index contributed by atoms with van der Waals surface area (Å²) in [6, 6.07) is 14.6. The molecule has 2 aromatic carbocycles. The molecule has 0 saturated carbocycles. The molecule has 1 saturated heterocycles. The van der Waals surface area contributed by atoms with Crippen LogP contribution in [0, 0.1) is 11.8 Å². The van der Waals surface area contributed by atoms with Crippen LogP contribution >= 0.6 is 23.2 Å². The summed E-state index contributed by atoms with van der Waals surface area (Å²) in [7, 11) is 0. The van der Waals surface area contributed by atoms with Gasteiger partial charge in [0.15, 0.2) is 0 Å². The van der Waals surface area contributed by atoms with E-state index in [9.17, 15) is 9.59 Å². The fourth-order valence-electron chi connectivity index (χ4n) is 3.32. The first-order valence-electron chi connectivity index (χ1n) is 7.79. The van der Waals surface area contributed by atoms with Crippen LogP contribution in [0.4, 0.5) is 5.69 Å². The largest absolute Gasteiger partial charge is 0.274 e. The summed E-state index contributed by atoms with van der Waals surface area (Å²) in [5.74, 6) is -1.23. The third kappa shape index (κ3) is 2.83. The van der Waals surface area contributed by atoms with Gasteiger partial charge in [-0.05, 0) is 29.7 Å². The van der Waals surface area contributed by atoms with Gasteiger partial charge in [0.05, 0.1) is 21.7 Å². The van der Waals surface area contributed by atoms with Crippen molar-refractivity contribution in [3.8, 4) is 0 Å². The number of hydrogen-bond donors (Lipinski definition) is 0. The fourth-order valence-corrected chi connectivity index (χ4v) is 3.61. The zero-order chi connectivity index (χ0) is 17.4. The third-order valence-corrected chi connectivity index (χ3v) is 5.42. The van der Waals surface area contributed by atoms with Crippen LogP contribution in [0.1, 0.15) is 25.3 Å². The SMILES string of the molecule is CC1C(=O)N(c2ccc(Cl)c(Cl)c2)C(=O)C1C(C)c1ccccc1. The lowest BCUT2D eigenvalue weighted by molar-refractivity contribution is -0.122. The smallest absolute Gasteiger partial charge is 0.238 e. The number of carbonyl (C=O) groups excluding carboxylic acids is 2. The Balaban J connectivity index is 1.96. The van der Waals surface area contributed by atoms with Gasteiger partial charge in [0.1, 0.15) is 0 Å². The predicted octanol–water partition coefficient (Wildman–Crippen LogP) is 4.92. The predicted molar refractivity (Wildman–Crippen MR) is 96.5 cm³/mol. The van der Waals surface area contributed by atoms with Crippen molar-refractivity contribution in [1.82, 2.24) is 0 Å². The molecule has 0 spiro atoms. The van der Waals surface area contributed by atoms with Crippen LogP contribution < -0.4 is 4.90 Å². The van der Waals surface area contributed by atoms with Crippen molar-refractivity contribution in [2.24, 2.45) is 11.8 Å². The number of anilines is 1. The second kappa shape index (κ2) is 6.58. The summed E-state index contributed by atoms with van der Waals surface area (Å²) >= 11 is 12.0. The molecule has 3 atom stereocenters. The van der Waals surface area contributed by atoms with Gasteiger partial charge in [-0.15, -0.1) is 0 Å². The molecule has 2 aromatic rings. The first kappa shape index (κ1) is 17.0. The maximum absolute atomic E-state index is 13.0. The lowest BCUT2D eigenvalue weighted by atomic mass is 9.81. The molecule has 0 bridgehead atoms. The molecule has 24 heavy (non-hydrogen) atoms. The number of halogens is 2. The molecule has 5 heteroatoms. The Labute approximate surface area is 151 Å². The molecule has 3 unspecified atom stereocenters. The number of hydrogen-bond acceptors (Lipinski definition) is 2. The Bertz CT molecular complexity index is 791. The summed E-state index contributed by atoms with van der Waals surface area (Å²) in [6.45, 7) is 3.79. The van der Waals surface area contributed by atoms with Crippen LogP contribution in [0.2, 0.25) is 10.0 Å². The van der Waals surface area contributed by atoms with Gasteiger partial charge in [-0.25, -0.2) is 4.90 Å². The fraction of sp³-hybridized carbons (Fsp3) is 0.263. The lowest BCUT2D eigenvalue weighted by Crippen LogP contribution is -2.31. The number of benzene rings is 2. The summed E-state index contributed by atoms with van der Waals surface area (Å²) in [6.07, 6.45) is 0. The van der Waals surface area contributed by atoms with E-state index < -0.39 is 5.92 Å². The Morgan fingerprint density at radius 1 is 0.958 bits per heavy atom. The van der Waals surface area contributed by atoms with Gasteiger partial charge in [-0.2, -0.15) is 0 Å². The second-order valence-corrected chi connectivity index (χ2v) is 6.94. The topological polar surface area (TPSA) is 37.4 Å². The van der Waals surface area contributed by atoms with Crippen molar-refractivity contribution in [2.45, 2.75) is 19.8 Å². The summed E-state index contributed by atoms with van der Waals surface area (Å²) in [5, 5.41) is 0.712. The molecule has 2 amide bonds. The minimum Gasteiger partial charge on any atom is -0.274 e. The van der Waals surface area contributed by atoms with Crippen molar-refractivity contribution in [3.63, 3.8) is 0 Å². The van der Waals surface area contributed by atoms with Crippen LogP contribution in [-0.4, -0.2) is 11.8 Å². The van der Waals surface area contributed by atoms with E-state index in [1.54, 1.807) is 18.2 Å². The van der Waals surface area contributed by atoms with Crippen LogP contribution in [-0.2, 0) is 9.59 Å². The number of carbonyl (C=O) groups is 2. The van der Waals surface area contributed by atoms with E-state index in [0.717, 1.165) is 5.56 Å². The van der Waals surface area contributed by atoms with Gasteiger partial charge in [0, 0.05) is 5.92 Å². The Morgan fingerprint density at radius 3 is 2.25 bits per heavy atom. The van der Waals surface area contributed by atoms with Crippen molar-refractivity contribution < 1.29 is 9.59 Å². The highest BCUT2D eigenvalue weighted by Crippen LogP contribution is 2.40. The summed E-state index contributed by atoms with van der Waals surface area (Å²) < 4.78 is 0. The summed E-state index contributed by atoms with van der Waals surface area (Å²) in [4.78, 5) is 26.9. The minimum absolute atomic E-state index is 0.0505. The van der Waals surface area contributed by atoms with Gasteiger partial charge in [-0.1, -0.05) is 67.4 Å². The van der Waals surface area contributed by atoms with E-state index in [0.29, 0.717) is 15.7 Å². The molecule has 3 nitrogen and oxygen atoms in total. The maximum Gasteiger partial charge on any atom is 0.238 e.